The second-order valence-corrected chi connectivity index (χ2v) is 5.01. The largest absolute Gasteiger partial charge is 0.393 e. The first-order valence-electron chi connectivity index (χ1n) is 5.97. The number of aliphatic hydroxyl groups is 1. The molecule has 1 saturated carbocycles. The van der Waals surface area contributed by atoms with E-state index in [1.54, 1.807) is 0 Å². The first kappa shape index (κ1) is 11.6. The van der Waals surface area contributed by atoms with E-state index in [1.165, 1.54) is 0 Å². The lowest BCUT2D eigenvalue weighted by molar-refractivity contribution is 0.0960. The quantitative estimate of drug-likeness (QED) is 0.781. The van der Waals surface area contributed by atoms with Crippen molar-refractivity contribution in [3.05, 3.63) is 17.5 Å². The smallest absolute Gasteiger partial charge is 0.0701 e. The summed E-state index contributed by atoms with van der Waals surface area (Å²) in [7, 11) is 1.96. The van der Waals surface area contributed by atoms with E-state index in [0.29, 0.717) is 6.54 Å². The molecule has 0 unspecified atom stereocenters. The van der Waals surface area contributed by atoms with Crippen LogP contribution in [0.1, 0.15) is 37.1 Å². The lowest BCUT2D eigenvalue weighted by Crippen LogP contribution is -2.40. The lowest BCUT2D eigenvalue weighted by Gasteiger charge is -2.36. The minimum absolute atomic E-state index is 0.00868. The highest BCUT2D eigenvalue weighted by atomic mass is 16.3. The molecule has 0 radical (unpaired) electrons. The normalized spacial score (nSPS) is 30.6. The summed E-state index contributed by atoms with van der Waals surface area (Å²) in [6.45, 7) is 2.68. The molecule has 1 aromatic rings. The van der Waals surface area contributed by atoms with E-state index in [1.807, 2.05) is 11.7 Å². The lowest BCUT2D eigenvalue weighted by atomic mass is 9.71. The minimum Gasteiger partial charge on any atom is -0.393 e. The molecule has 0 spiro atoms. The summed E-state index contributed by atoms with van der Waals surface area (Å²) in [6, 6.07) is 2.13. The summed E-state index contributed by atoms with van der Waals surface area (Å²) in [5, 5.41) is 14.1. The van der Waals surface area contributed by atoms with Crippen molar-refractivity contribution in [2.24, 2.45) is 12.8 Å². The number of aromatic nitrogens is 2. The number of hydrogen-bond donors (Lipinski definition) is 2. The Kier molecular flexibility index (Phi) is 3.04. The first-order valence-corrected chi connectivity index (χ1v) is 5.97. The summed E-state index contributed by atoms with van der Waals surface area (Å²) in [5.74, 6) is 0. The van der Waals surface area contributed by atoms with Gasteiger partial charge in [0, 0.05) is 24.7 Å². The Morgan fingerprint density at radius 3 is 2.62 bits per heavy atom. The molecule has 1 fully saturated rings. The molecule has 3 N–H and O–H groups in total. The zero-order chi connectivity index (χ0) is 11.8. The van der Waals surface area contributed by atoms with Crippen molar-refractivity contribution in [3.8, 4) is 0 Å². The van der Waals surface area contributed by atoms with Gasteiger partial charge in [-0.15, -0.1) is 0 Å². The van der Waals surface area contributed by atoms with E-state index in [9.17, 15) is 5.11 Å². The number of aliphatic hydroxyl groups excluding tert-OH is 1. The van der Waals surface area contributed by atoms with E-state index in [-0.39, 0.29) is 11.5 Å². The van der Waals surface area contributed by atoms with Crippen molar-refractivity contribution in [1.82, 2.24) is 9.78 Å². The molecule has 0 atom stereocenters. The average Bonchev–Trinajstić information content (AvgIpc) is 2.61. The first-order chi connectivity index (χ1) is 7.57. The Morgan fingerprint density at radius 2 is 2.19 bits per heavy atom. The van der Waals surface area contributed by atoms with E-state index >= 15 is 0 Å². The Bertz CT molecular complexity index is 345. The van der Waals surface area contributed by atoms with Crippen molar-refractivity contribution in [2.45, 2.75) is 44.1 Å². The summed E-state index contributed by atoms with van der Waals surface area (Å²) >= 11 is 0. The second-order valence-electron chi connectivity index (χ2n) is 5.01. The van der Waals surface area contributed by atoms with Gasteiger partial charge in [-0.1, -0.05) is 0 Å². The molecule has 0 amide bonds. The maximum absolute atomic E-state index is 9.58. The molecule has 0 bridgehead atoms. The molecule has 4 heteroatoms. The second kappa shape index (κ2) is 4.18. The van der Waals surface area contributed by atoms with Crippen LogP contribution in [0.2, 0.25) is 0 Å². The number of hydrogen-bond acceptors (Lipinski definition) is 3. The van der Waals surface area contributed by atoms with E-state index in [2.05, 4.69) is 18.1 Å². The third kappa shape index (κ3) is 1.87. The molecule has 2 rings (SSSR count). The Balaban J connectivity index is 2.27. The third-order valence-corrected chi connectivity index (χ3v) is 3.96. The van der Waals surface area contributed by atoms with Crippen molar-refractivity contribution in [2.75, 3.05) is 6.54 Å². The van der Waals surface area contributed by atoms with Crippen LogP contribution in [0.4, 0.5) is 0 Å². The highest BCUT2D eigenvalue weighted by molar-refractivity contribution is 5.21. The van der Waals surface area contributed by atoms with E-state index in [4.69, 9.17) is 5.73 Å². The summed E-state index contributed by atoms with van der Waals surface area (Å²) < 4.78 is 1.90. The van der Waals surface area contributed by atoms with Crippen LogP contribution < -0.4 is 5.73 Å². The molecular formula is C12H21N3O. The van der Waals surface area contributed by atoms with Gasteiger partial charge in [-0.25, -0.2) is 0 Å². The monoisotopic (exact) mass is 223 g/mol. The van der Waals surface area contributed by atoms with Crippen LogP contribution in [0.15, 0.2) is 6.07 Å². The molecule has 1 aliphatic rings. The van der Waals surface area contributed by atoms with Gasteiger partial charge in [-0.3, -0.25) is 4.68 Å². The Hall–Kier alpha value is -0.870. The van der Waals surface area contributed by atoms with Gasteiger partial charge in [0.15, 0.2) is 0 Å². The Morgan fingerprint density at radius 1 is 1.56 bits per heavy atom. The summed E-state index contributed by atoms with van der Waals surface area (Å²) in [5.41, 5.74) is 8.20. The van der Waals surface area contributed by atoms with Gasteiger partial charge in [0.2, 0.25) is 0 Å². The predicted octanol–water partition coefficient (Wildman–Crippen LogP) is 0.860. The number of nitrogens with two attached hydrogens (primary N) is 1. The van der Waals surface area contributed by atoms with Gasteiger partial charge in [0.1, 0.15) is 0 Å². The zero-order valence-electron chi connectivity index (χ0n) is 10.1. The van der Waals surface area contributed by atoms with Crippen LogP contribution in [-0.4, -0.2) is 27.5 Å². The van der Waals surface area contributed by atoms with E-state index < -0.39 is 0 Å². The van der Waals surface area contributed by atoms with Gasteiger partial charge < -0.3 is 10.8 Å². The fourth-order valence-electron chi connectivity index (χ4n) is 2.54. The van der Waals surface area contributed by atoms with Crippen LogP contribution in [0.25, 0.3) is 0 Å². The minimum atomic E-state index is -0.149. The van der Waals surface area contributed by atoms with Gasteiger partial charge in [-0.2, -0.15) is 5.10 Å². The fraction of sp³-hybridized carbons (Fsp3) is 0.750. The standard InChI is InChI=1S/C12H21N3O/c1-9-7-11(14-15(9)2)12(8-13)5-3-10(16)4-6-12/h7,10,16H,3-6,8,13H2,1-2H3. The summed E-state index contributed by atoms with van der Waals surface area (Å²) in [6.07, 6.45) is 3.42. The van der Waals surface area contributed by atoms with Gasteiger partial charge in [0.05, 0.1) is 11.8 Å². The van der Waals surface area contributed by atoms with Gasteiger partial charge in [0.25, 0.3) is 0 Å². The molecule has 1 heterocycles. The molecule has 1 aromatic heterocycles. The SMILES string of the molecule is Cc1cc(C2(CN)CCC(O)CC2)nn1C. The average molecular weight is 223 g/mol. The van der Waals surface area contributed by atoms with Gasteiger partial charge in [-0.05, 0) is 38.7 Å². The highest BCUT2D eigenvalue weighted by Crippen LogP contribution is 2.38. The van der Waals surface area contributed by atoms with E-state index in [0.717, 1.165) is 37.1 Å². The number of nitrogens with zero attached hydrogens (tertiary/aromatic N) is 2. The molecule has 0 saturated heterocycles. The highest BCUT2D eigenvalue weighted by Gasteiger charge is 2.37. The molecule has 0 aromatic carbocycles. The van der Waals surface area contributed by atoms with Crippen LogP contribution in [0, 0.1) is 6.92 Å². The van der Waals surface area contributed by atoms with Crippen molar-refractivity contribution < 1.29 is 5.11 Å². The number of rotatable bonds is 2. The van der Waals surface area contributed by atoms with Crippen LogP contribution in [-0.2, 0) is 12.5 Å². The maximum Gasteiger partial charge on any atom is 0.0701 e. The van der Waals surface area contributed by atoms with Crippen molar-refractivity contribution in [3.63, 3.8) is 0 Å². The maximum atomic E-state index is 9.58. The van der Waals surface area contributed by atoms with Crippen LogP contribution >= 0.6 is 0 Å². The van der Waals surface area contributed by atoms with Crippen LogP contribution in [0.3, 0.4) is 0 Å². The van der Waals surface area contributed by atoms with Gasteiger partial charge >= 0.3 is 0 Å². The topological polar surface area (TPSA) is 64.1 Å². The molecule has 16 heavy (non-hydrogen) atoms. The molecule has 0 aliphatic heterocycles. The third-order valence-electron chi connectivity index (χ3n) is 3.96. The number of aryl methyl sites for hydroxylation is 2. The predicted molar refractivity (Wildman–Crippen MR) is 63.2 cm³/mol. The molecule has 1 aliphatic carbocycles. The van der Waals surface area contributed by atoms with Crippen molar-refractivity contribution in [1.29, 1.82) is 0 Å². The Labute approximate surface area is 96.5 Å². The molecular weight excluding hydrogens is 202 g/mol. The fourth-order valence-corrected chi connectivity index (χ4v) is 2.54. The van der Waals surface area contributed by atoms with Crippen LogP contribution in [0.5, 0.6) is 0 Å². The molecule has 4 nitrogen and oxygen atoms in total. The zero-order valence-corrected chi connectivity index (χ0v) is 10.1. The molecule has 90 valence electrons. The summed E-state index contributed by atoms with van der Waals surface area (Å²) in [4.78, 5) is 0. The van der Waals surface area contributed by atoms with Crippen molar-refractivity contribution >= 4 is 0 Å².